The topological polar surface area (TPSA) is 59.1 Å². The van der Waals surface area contributed by atoms with Crippen molar-refractivity contribution in [3.05, 3.63) is 52.5 Å². The van der Waals surface area contributed by atoms with Gasteiger partial charge in [0, 0.05) is 23.6 Å². The van der Waals surface area contributed by atoms with Gasteiger partial charge in [-0.15, -0.1) is 0 Å². The van der Waals surface area contributed by atoms with Gasteiger partial charge in [0.05, 0.1) is 22.3 Å². The maximum Gasteiger partial charge on any atom is 0.229 e. The summed E-state index contributed by atoms with van der Waals surface area (Å²) < 4.78 is 5.69. The van der Waals surface area contributed by atoms with Crippen molar-refractivity contribution in [2.45, 2.75) is 18.9 Å². The molecular weight excluding hydrogens is 371 g/mol. The fourth-order valence-electron chi connectivity index (χ4n) is 3.00. The first-order valence-corrected chi connectivity index (χ1v) is 9.29. The highest BCUT2D eigenvalue weighted by Crippen LogP contribution is 2.29. The Morgan fingerprint density at radius 1 is 1.12 bits per heavy atom. The first-order chi connectivity index (χ1) is 12.7. The molecule has 3 aromatic rings. The van der Waals surface area contributed by atoms with E-state index >= 15 is 0 Å². The Morgan fingerprint density at radius 2 is 2.00 bits per heavy atom. The summed E-state index contributed by atoms with van der Waals surface area (Å²) >= 11 is 12.3. The van der Waals surface area contributed by atoms with Gasteiger partial charge in [0.25, 0.3) is 0 Å². The second-order valence-corrected chi connectivity index (χ2v) is 7.02. The molecule has 1 aliphatic heterocycles. The molecule has 2 aromatic carbocycles. The third-order valence-corrected chi connectivity index (χ3v) is 4.86. The molecule has 1 saturated heterocycles. The van der Waals surface area contributed by atoms with Crippen LogP contribution in [0.1, 0.15) is 12.8 Å². The van der Waals surface area contributed by atoms with Gasteiger partial charge in [-0.1, -0.05) is 35.3 Å². The van der Waals surface area contributed by atoms with E-state index in [1.54, 1.807) is 18.2 Å². The van der Waals surface area contributed by atoms with Crippen molar-refractivity contribution in [1.82, 2.24) is 9.97 Å². The number of benzene rings is 2. The van der Waals surface area contributed by atoms with Gasteiger partial charge >= 0.3 is 0 Å². The number of halogens is 2. The smallest absolute Gasteiger partial charge is 0.229 e. The summed E-state index contributed by atoms with van der Waals surface area (Å²) in [6.45, 7) is 1.55. The second-order valence-electron chi connectivity index (χ2n) is 6.18. The Hall–Kier alpha value is -2.08. The normalized spacial score (nSPS) is 16.8. The molecule has 26 heavy (non-hydrogen) atoms. The molecule has 1 aromatic heterocycles. The van der Waals surface area contributed by atoms with Crippen molar-refractivity contribution in [3.8, 4) is 0 Å². The molecule has 2 N–H and O–H groups in total. The number of hydrogen-bond acceptors (Lipinski definition) is 5. The third-order valence-electron chi connectivity index (χ3n) is 4.30. The molecular formula is C19H18Cl2N4O. The van der Waals surface area contributed by atoms with Gasteiger partial charge in [-0.05, 0) is 43.2 Å². The molecule has 0 aliphatic carbocycles. The summed E-state index contributed by atoms with van der Waals surface area (Å²) in [4.78, 5) is 9.22. The predicted octanol–water partition coefficient (Wildman–Crippen LogP) is 5.27. The van der Waals surface area contributed by atoms with E-state index in [9.17, 15) is 0 Å². The lowest BCUT2D eigenvalue weighted by Crippen LogP contribution is -2.19. The van der Waals surface area contributed by atoms with Crippen LogP contribution in [0, 0.1) is 0 Å². The van der Waals surface area contributed by atoms with Crippen molar-refractivity contribution in [2.75, 3.05) is 23.8 Å². The van der Waals surface area contributed by atoms with Crippen LogP contribution in [-0.2, 0) is 4.74 Å². The van der Waals surface area contributed by atoms with E-state index in [1.165, 1.54) is 0 Å². The van der Waals surface area contributed by atoms with E-state index < -0.39 is 0 Å². The summed E-state index contributed by atoms with van der Waals surface area (Å²) in [7, 11) is 0. The van der Waals surface area contributed by atoms with Gasteiger partial charge in [0.2, 0.25) is 5.95 Å². The van der Waals surface area contributed by atoms with Gasteiger partial charge in [0.1, 0.15) is 5.82 Å². The Labute approximate surface area is 161 Å². The van der Waals surface area contributed by atoms with Gasteiger partial charge < -0.3 is 15.4 Å². The van der Waals surface area contributed by atoms with Crippen LogP contribution in [0.2, 0.25) is 10.0 Å². The number of para-hydroxylation sites is 1. The highest BCUT2D eigenvalue weighted by molar-refractivity contribution is 6.35. The van der Waals surface area contributed by atoms with Crippen LogP contribution >= 0.6 is 23.2 Å². The zero-order chi connectivity index (χ0) is 17.9. The third kappa shape index (κ3) is 3.85. The first kappa shape index (κ1) is 17.3. The highest BCUT2D eigenvalue weighted by Gasteiger charge is 2.16. The first-order valence-electron chi connectivity index (χ1n) is 8.53. The minimum Gasteiger partial charge on any atom is -0.376 e. The molecule has 4 rings (SSSR count). The summed E-state index contributed by atoms with van der Waals surface area (Å²) in [5.74, 6) is 1.23. The number of hydrogen-bond donors (Lipinski definition) is 2. The fourth-order valence-corrected chi connectivity index (χ4v) is 3.33. The molecule has 1 unspecified atom stereocenters. The molecule has 5 nitrogen and oxygen atoms in total. The van der Waals surface area contributed by atoms with Gasteiger partial charge in [-0.3, -0.25) is 0 Å². The number of rotatable bonds is 5. The van der Waals surface area contributed by atoms with Crippen LogP contribution in [0.5, 0.6) is 0 Å². The van der Waals surface area contributed by atoms with Crippen molar-refractivity contribution >= 4 is 51.6 Å². The number of fused-ring (bicyclic) bond motifs is 1. The number of aromatic nitrogens is 2. The Kier molecular flexibility index (Phi) is 5.11. The molecule has 0 spiro atoms. The van der Waals surface area contributed by atoms with Crippen LogP contribution in [0.4, 0.5) is 17.5 Å². The molecule has 2 heterocycles. The molecule has 134 valence electrons. The van der Waals surface area contributed by atoms with Crippen LogP contribution < -0.4 is 10.6 Å². The van der Waals surface area contributed by atoms with E-state index in [2.05, 4.69) is 20.6 Å². The number of nitrogens with one attached hydrogen (secondary N) is 2. The van der Waals surface area contributed by atoms with Crippen molar-refractivity contribution in [2.24, 2.45) is 0 Å². The van der Waals surface area contributed by atoms with Gasteiger partial charge in [-0.25, -0.2) is 4.98 Å². The molecule has 7 heteroatoms. The molecule has 1 fully saturated rings. The number of nitrogens with zero attached hydrogens (tertiary/aromatic N) is 2. The summed E-state index contributed by atoms with van der Waals surface area (Å²) in [5.41, 5.74) is 1.51. The Morgan fingerprint density at radius 3 is 2.85 bits per heavy atom. The second kappa shape index (κ2) is 7.66. The quantitative estimate of drug-likeness (QED) is 0.623. The van der Waals surface area contributed by atoms with Gasteiger partial charge in [-0.2, -0.15) is 4.98 Å². The van der Waals surface area contributed by atoms with E-state index in [0.29, 0.717) is 21.7 Å². The van der Waals surface area contributed by atoms with Crippen molar-refractivity contribution in [3.63, 3.8) is 0 Å². The molecule has 0 radical (unpaired) electrons. The predicted molar refractivity (Wildman–Crippen MR) is 107 cm³/mol. The fraction of sp³-hybridized carbons (Fsp3) is 0.263. The summed E-state index contributed by atoms with van der Waals surface area (Å²) in [6, 6.07) is 13.1. The maximum atomic E-state index is 6.24. The molecule has 0 saturated carbocycles. The molecule has 0 amide bonds. The monoisotopic (exact) mass is 388 g/mol. The molecule has 0 bridgehead atoms. The van der Waals surface area contributed by atoms with Crippen LogP contribution in [0.25, 0.3) is 10.9 Å². The Bertz CT molecular complexity index is 929. The van der Waals surface area contributed by atoms with Crippen LogP contribution in [0.3, 0.4) is 0 Å². The lowest BCUT2D eigenvalue weighted by Gasteiger charge is -2.15. The van der Waals surface area contributed by atoms with Gasteiger partial charge in [0.15, 0.2) is 0 Å². The van der Waals surface area contributed by atoms with Crippen LogP contribution in [-0.4, -0.2) is 29.2 Å². The zero-order valence-electron chi connectivity index (χ0n) is 14.0. The lowest BCUT2D eigenvalue weighted by atomic mass is 10.2. The standard InChI is InChI=1S/C19H18Cl2N4O/c20-12-7-8-15(21)17(10-12)24-19-23-16-6-2-1-5-14(16)18(25-19)22-11-13-4-3-9-26-13/h1-2,5-8,10,13H,3-4,9,11H2,(H2,22,23,24,25). The number of anilines is 3. The minimum atomic E-state index is 0.225. The maximum absolute atomic E-state index is 6.24. The summed E-state index contributed by atoms with van der Waals surface area (Å²) in [5, 5.41) is 8.68. The van der Waals surface area contributed by atoms with E-state index in [0.717, 1.165) is 42.7 Å². The average Bonchev–Trinajstić information content (AvgIpc) is 3.16. The SMILES string of the molecule is Clc1ccc(Cl)c(Nc2nc(NCC3CCCO3)c3ccccc3n2)c1. The molecule has 1 atom stereocenters. The van der Waals surface area contributed by atoms with E-state index in [-0.39, 0.29) is 6.10 Å². The molecule has 1 aliphatic rings. The highest BCUT2D eigenvalue weighted by atomic mass is 35.5. The number of ether oxygens (including phenoxy) is 1. The minimum absolute atomic E-state index is 0.225. The Balaban J connectivity index is 1.65. The van der Waals surface area contributed by atoms with Crippen LogP contribution in [0.15, 0.2) is 42.5 Å². The average molecular weight is 389 g/mol. The summed E-state index contributed by atoms with van der Waals surface area (Å²) in [6.07, 6.45) is 2.40. The largest absolute Gasteiger partial charge is 0.376 e. The van der Waals surface area contributed by atoms with Crippen molar-refractivity contribution < 1.29 is 4.74 Å². The zero-order valence-corrected chi connectivity index (χ0v) is 15.5. The van der Waals surface area contributed by atoms with E-state index in [4.69, 9.17) is 27.9 Å². The van der Waals surface area contributed by atoms with Crippen molar-refractivity contribution in [1.29, 1.82) is 0 Å². The lowest BCUT2D eigenvalue weighted by molar-refractivity contribution is 0.120. The van der Waals surface area contributed by atoms with E-state index in [1.807, 2.05) is 24.3 Å².